The normalized spacial score (nSPS) is 11.7. The largest absolute Gasteiger partial charge is 0.456 e. The maximum Gasteiger partial charge on any atom is 0.136 e. The van der Waals surface area contributed by atoms with Crippen LogP contribution in [0.5, 0.6) is 0 Å². The Morgan fingerprint density at radius 1 is 0.282 bits per heavy atom. The van der Waals surface area contributed by atoms with Crippen molar-refractivity contribution in [2.45, 2.75) is 0 Å². The molecule has 2 heterocycles. The monoisotopic (exact) mass is 904 g/mol. The van der Waals surface area contributed by atoms with Gasteiger partial charge in [0.2, 0.25) is 0 Å². The molecule has 3 heteroatoms. The van der Waals surface area contributed by atoms with Crippen LogP contribution in [-0.4, -0.2) is 4.57 Å². The number of benzene rings is 12. The Morgan fingerprint density at radius 3 is 1.44 bits per heavy atom. The van der Waals surface area contributed by atoms with E-state index < -0.39 is 0 Å². The third-order valence-electron chi connectivity index (χ3n) is 14.4. The van der Waals surface area contributed by atoms with Crippen molar-refractivity contribution in [3.05, 3.63) is 267 Å². The van der Waals surface area contributed by atoms with Crippen LogP contribution in [0.3, 0.4) is 0 Å². The van der Waals surface area contributed by atoms with Crippen LogP contribution in [0.4, 0.5) is 17.1 Å². The van der Waals surface area contributed by atoms with Crippen LogP contribution in [0.2, 0.25) is 0 Å². The summed E-state index contributed by atoms with van der Waals surface area (Å²) in [6.07, 6.45) is 0. The minimum atomic E-state index is 0.896. The first-order valence-electron chi connectivity index (χ1n) is 24.3. The van der Waals surface area contributed by atoms with Crippen LogP contribution >= 0.6 is 0 Å². The summed E-state index contributed by atoms with van der Waals surface area (Å²) in [5.41, 5.74) is 18.0. The molecule has 0 spiro atoms. The van der Waals surface area contributed by atoms with Gasteiger partial charge in [-0.1, -0.05) is 188 Å². The van der Waals surface area contributed by atoms with Crippen LogP contribution < -0.4 is 4.90 Å². The molecule has 0 aliphatic carbocycles. The summed E-state index contributed by atoms with van der Waals surface area (Å²) in [7, 11) is 0. The van der Waals surface area contributed by atoms with Crippen LogP contribution in [0.15, 0.2) is 271 Å². The number of hydrogen-bond acceptors (Lipinski definition) is 2. The van der Waals surface area contributed by atoms with Crippen molar-refractivity contribution in [1.82, 2.24) is 4.57 Å². The van der Waals surface area contributed by atoms with E-state index in [9.17, 15) is 0 Å². The molecule has 0 fully saturated rings. The van der Waals surface area contributed by atoms with Gasteiger partial charge in [0.25, 0.3) is 0 Å². The first-order valence-corrected chi connectivity index (χ1v) is 24.3. The summed E-state index contributed by atoms with van der Waals surface area (Å²) in [6.45, 7) is 0. The molecule has 0 N–H and O–H groups in total. The average Bonchev–Trinajstić information content (AvgIpc) is 4.00. The smallest absolute Gasteiger partial charge is 0.136 e. The predicted molar refractivity (Wildman–Crippen MR) is 299 cm³/mol. The Labute approximate surface area is 411 Å². The SMILES string of the molecule is c1cc(-c2cc3ccccc3c3ccccc23)cc(N(c2ccc(-c3ccc(-c4ccc(-n5c6ccccc6c6ccccc65)cc4)cc3)cc2)c2ccc(-c3cccc4oc5ccccc5c34)cc2)c1. The van der Waals surface area contributed by atoms with Crippen molar-refractivity contribution >= 4 is 82.4 Å². The molecule has 332 valence electrons. The summed E-state index contributed by atoms with van der Waals surface area (Å²) in [6, 6.07) is 96.7. The zero-order valence-electron chi connectivity index (χ0n) is 38.7. The summed E-state index contributed by atoms with van der Waals surface area (Å²) in [5, 5.41) is 9.81. The molecule has 0 radical (unpaired) electrons. The molecule has 0 aliphatic rings. The molecule has 0 unspecified atom stereocenters. The molecule has 0 bridgehead atoms. The third kappa shape index (κ3) is 6.89. The van der Waals surface area contributed by atoms with Gasteiger partial charge in [0.05, 0.1) is 11.0 Å². The maximum absolute atomic E-state index is 6.29. The van der Waals surface area contributed by atoms with Crippen molar-refractivity contribution < 1.29 is 4.42 Å². The first kappa shape index (κ1) is 40.6. The highest BCUT2D eigenvalue weighted by atomic mass is 16.3. The van der Waals surface area contributed by atoms with Crippen LogP contribution in [0.1, 0.15) is 0 Å². The molecule has 14 aromatic rings. The molecule has 0 aliphatic heterocycles. The molecule has 0 saturated heterocycles. The van der Waals surface area contributed by atoms with Crippen molar-refractivity contribution in [2.75, 3.05) is 4.90 Å². The summed E-state index contributed by atoms with van der Waals surface area (Å²) >= 11 is 0. The number of anilines is 3. The number of aromatic nitrogens is 1. The van der Waals surface area contributed by atoms with Gasteiger partial charge in [-0.25, -0.2) is 0 Å². The van der Waals surface area contributed by atoms with E-state index in [1.807, 2.05) is 12.1 Å². The van der Waals surface area contributed by atoms with E-state index in [-0.39, 0.29) is 0 Å². The maximum atomic E-state index is 6.29. The fourth-order valence-electron chi connectivity index (χ4n) is 11.0. The topological polar surface area (TPSA) is 21.3 Å². The van der Waals surface area contributed by atoms with Crippen LogP contribution in [0, 0.1) is 0 Å². The molecular weight excluding hydrogens is 861 g/mol. The lowest BCUT2D eigenvalue weighted by molar-refractivity contribution is 0.669. The Balaban J connectivity index is 0.814. The van der Waals surface area contributed by atoms with E-state index in [4.69, 9.17) is 4.42 Å². The van der Waals surface area contributed by atoms with E-state index >= 15 is 0 Å². The van der Waals surface area contributed by atoms with E-state index in [0.29, 0.717) is 0 Å². The highest BCUT2D eigenvalue weighted by Crippen LogP contribution is 2.43. The molecule has 2 aromatic heterocycles. The first-order chi connectivity index (χ1) is 35.2. The van der Waals surface area contributed by atoms with Crippen LogP contribution in [-0.2, 0) is 0 Å². The van der Waals surface area contributed by atoms with Gasteiger partial charge in [-0.2, -0.15) is 0 Å². The number of fused-ring (bicyclic) bond motifs is 9. The van der Waals surface area contributed by atoms with E-state index in [0.717, 1.165) is 61.4 Å². The summed E-state index contributed by atoms with van der Waals surface area (Å²) in [5.74, 6) is 0. The van der Waals surface area contributed by atoms with E-state index in [1.54, 1.807) is 0 Å². The second kappa shape index (κ2) is 16.7. The number of nitrogens with zero attached hydrogens (tertiary/aromatic N) is 2. The van der Waals surface area contributed by atoms with Gasteiger partial charge in [-0.15, -0.1) is 0 Å². The molecule has 71 heavy (non-hydrogen) atoms. The minimum Gasteiger partial charge on any atom is -0.456 e. The molecular formula is C68H44N2O. The van der Waals surface area contributed by atoms with Gasteiger partial charge < -0.3 is 13.9 Å². The van der Waals surface area contributed by atoms with Gasteiger partial charge in [0.15, 0.2) is 0 Å². The van der Waals surface area contributed by atoms with Crippen molar-refractivity contribution in [1.29, 1.82) is 0 Å². The molecule has 0 saturated carbocycles. The number of furan rings is 1. The lowest BCUT2D eigenvalue weighted by Crippen LogP contribution is -2.10. The van der Waals surface area contributed by atoms with Gasteiger partial charge in [-0.05, 0) is 145 Å². The predicted octanol–water partition coefficient (Wildman–Crippen LogP) is 19.1. The Bertz CT molecular complexity index is 4260. The Hall–Kier alpha value is -9.44. The lowest BCUT2D eigenvalue weighted by Gasteiger charge is -2.26. The lowest BCUT2D eigenvalue weighted by atomic mass is 9.93. The molecule has 0 atom stereocenters. The van der Waals surface area contributed by atoms with Gasteiger partial charge in [0.1, 0.15) is 11.2 Å². The highest BCUT2D eigenvalue weighted by Gasteiger charge is 2.18. The summed E-state index contributed by atoms with van der Waals surface area (Å²) in [4.78, 5) is 2.38. The number of rotatable bonds is 8. The number of para-hydroxylation sites is 3. The second-order valence-electron chi connectivity index (χ2n) is 18.4. The van der Waals surface area contributed by atoms with Gasteiger partial charge >= 0.3 is 0 Å². The van der Waals surface area contributed by atoms with Crippen LogP contribution in [0.25, 0.3) is 115 Å². The van der Waals surface area contributed by atoms with E-state index in [1.165, 1.54) is 71.2 Å². The fraction of sp³-hybridized carbons (Fsp3) is 0. The van der Waals surface area contributed by atoms with Crippen molar-refractivity contribution in [3.8, 4) is 50.2 Å². The third-order valence-corrected chi connectivity index (χ3v) is 14.4. The van der Waals surface area contributed by atoms with Gasteiger partial charge in [0, 0.05) is 44.3 Å². The van der Waals surface area contributed by atoms with Gasteiger partial charge in [-0.3, -0.25) is 0 Å². The van der Waals surface area contributed by atoms with E-state index in [2.05, 4.69) is 264 Å². The molecule has 12 aromatic carbocycles. The molecule has 14 rings (SSSR count). The Morgan fingerprint density at radius 2 is 0.775 bits per heavy atom. The quantitative estimate of drug-likeness (QED) is 0.142. The minimum absolute atomic E-state index is 0.896. The molecule has 3 nitrogen and oxygen atoms in total. The summed E-state index contributed by atoms with van der Waals surface area (Å²) < 4.78 is 8.65. The van der Waals surface area contributed by atoms with Crippen molar-refractivity contribution in [2.24, 2.45) is 0 Å². The Kier molecular flexibility index (Phi) is 9.53. The number of hydrogen-bond donors (Lipinski definition) is 0. The molecule has 0 amide bonds. The average molecular weight is 905 g/mol. The second-order valence-corrected chi connectivity index (χ2v) is 18.4. The highest BCUT2D eigenvalue weighted by molar-refractivity contribution is 6.15. The van der Waals surface area contributed by atoms with Crippen molar-refractivity contribution in [3.63, 3.8) is 0 Å². The zero-order valence-corrected chi connectivity index (χ0v) is 38.7. The fourth-order valence-corrected chi connectivity index (χ4v) is 11.0. The standard InChI is InChI=1S/C68H44N2O/c1-2-16-56-51(13-1)44-63(59-18-4-3-17-58(56)59)50-14-11-15-55(43-50)69(53-41-35-49(36-42-53)57-22-12-26-67-68(57)62-21-7-10-25-66(62)71-67)52-37-31-47(32-38-52)45-27-29-46(30-28-45)48-33-39-54(40-34-48)70-64-23-8-5-19-60(64)61-20-6-9-24-65(61)70/h1-44H. The zero-order chi connectivity index (χ0) is 46.8.